The molecule has 1 aromatic heterocycles. The Kier molecular flexibility index (Phi) is 2.77. The molecule has 126 valence electrons. The van der Waals surface area contributed by atoms with Crippen LogP contribution in [0.2, 0.25) is 0 Å². The fourth-order valence-corrected chi connectivity index (χ4v) is 2.85. The molecule has 0 N–H and O–H groups in total. The van der Waals surface area contributed by atoms with E-state index >= 15 is 0 Å². The zero-order valence-electron chi connectivity index (χ0n) is 13.6. The first-order chi connectivity index (χ1) is 12.1. The molecule has 25 heavy (non-hydrogen) atoms. The van der Waals surface area contributed by atoms with Crippen molar-refractivity contribution >= 4 is 0 Å². The van der Waals surface area contributed by atoms with Crippen LogP contribution < -0.4 is 18.9 Å². The van der Waals surface area contributed by atoms with Crippen LogP contribution in [0.4, 0.5) is 0 Å². The molecule has 0 bridgehead atoms. The Morgan fingerprint density at radius 3 is 2.48 bits per heavy atom. The van der Waals surface area contributed by atoms with Gasteiger partial charge in [0.1, 0.15) is 0 Å². The second kappa shape index (κ2) is 4.89. The van der Waals surface area contributed by atoms with Gasteiger partial charge in [0.25, 0.3) is 5.89 Å². The van der Waals surface area contributed by atoms with Crippen LogP contribution >= 0.6 is 0 Å². The summed E-state index contributed by atoms with van der Waals surface area (Å²) in [5.74, 6) is 2.96. The minimum Gasteiger partial charge on any atom is -0.454 e. The van der Waals surface area contributed by atoms with E-state index in [9.17, 15) is 0 Å². The van der Waals surface area contributed by atoms with Gasteiger partial charge in [-0.05, 0) is 36.4 Å². The zero-order valence-corrected chi connectivity index (χ0v) is 13.6. The zero-order chi connectivity index (χ0) is 17.0. The molecule has 2 aliphatic heterocycles. The molecule has 0 fully saturated rings. The van der Waals surface area contributed by atoms with E-state index in [2.05, 4.69) is 10.1 Å². The first-order valence-corrected chi connectivity index (χ1v) is 7.84. The molecule has 3 heterocycles. The average Bonchev–Trinajstić information content (AvgIpc) is 3.29. The lowest BCUT2D eigenvalue weighted by Gasteiger charge is -2.16. The summed E-state index contributed by atoms with van der Waals surface area (Å²) in [4.78, 5) is 4.47. The third-order valence-electron chi connectivity index (χ3n) is 3.96. The second-order valence-corrected chi connectivity index (χ2v) is 6.26. The number of rotatable bonds is 2. The third-order valence-corrected chi connectivity index (χ3v) is 3.96. The van der Waals surface area contributed by atoms with E-state index in [1.165, 1.54) is 0 Å². The molecule has 7 heteroatoms. The van der Waals surface area contributed by atoms with E-state index in [1.807, 2.05) is 50.2 Å². The number of hydrogen-bond donors (Lipinski definition) is 0. The summed E-state index contributed by atoms with van der Waals surface area (Å²) >= 11 is 0. The third kappa shape index (κ3) is 2.36. The highest BCUT2D eigenvalue weighted by Gasteiger charge is 2.32. The van der Waals surface area contributed by atoms with Crippen molar-refractivity contribution in [2.45, 2.75) is 19.6 Å². The van der Waals surface area contributed by atoms with E-state index in [0.717, 1.165) is 11.1 Å². The molecule has 2 aliphatic rings. The van der Waals surface area contributed by atoms with Gasteiger partial charge in [0.2, 0.25) is 18.4 Å². The second-order valence-electron chi connectivity index (χ2n) is 6.26. The lowest BCUT2D eigenvalue weighted by molar-refractivity contribution is -0.0431. The van der Waals surface area contributed by atoms with Gasteiger partial charge in [0.05, 0.1) is 0 Å². The van der Waals surface area contributed by atoms with E-state index < -0.39 is 5.79 Å². The lowest BCUT2D eigenvalue weighted by atomic mass is 10.2. The first-order valence-electron chi connectivity index (χ1n) is 7.84. The number of fused-ring (bicyclic) bond motifs is 2. The summed E-state index contributed by atoms with van der Waals surface area (Å²) in [5, 5.41) is 4.06. The highest BCUT2D eigenvalue weighted by atomic mass is 16.7. The average molecular weight is 338 g/mol. The van der Waals surface area contributed by atoms with Gasteiger partial charge in [-0.2, -0.15) is 4.98 Å². The van der Waals surface area contributed by atoms with Crippen LogP contribution in [0, 0.1) is 0 Å². The molecule has 0 amide bonds. The predicted octanol–water partition coefficient (Wildman–Crippen LogP) is 3.64. The molecular formula is C18H14N2O5. The quantitative estimate of drug-likeness (QED) is 0.706. The van der Waals surface area contributed by atoms with Gasteiger partial charge >= 0.3 is 0 Å². The number of ether oxygens (including phenoxy) is 4. The Hall–Kier alpha value is -3.22. The van der Waals surface area contributed by atoms with E-state index in [1.54, 1.807) is 0 Å². The topological polar surface area (TPSA) is 75.8 Å². The van der Waals surface area contributed by atoms with Crippen molar-refractivity contribution in [1.82, 2.24) is 10.1 Å². The van der Waals surface area contributed by atoms with Crippen molar-refractivity contribution in [2.24, 2.45) is 0 Å². The number of benzene rings is 2. The molecule has 3 aromatic rings. The monoisotopic (exact) mass is 338 g/mol. The van der Waals surface area contributed by atoms with E-state index in [-0.39, 0.29) is 6.79 Å². The fourth-order valence-electron chi connectivity index (χ4n) is 2.85. The van der Waals surface area contributed by atoms with Crippen LogP contribution in [0.15, 0.2) is 40.9 Å². The molecule has 0 saturated heterocycles. The largest absolute Gasteiger partial charge is 0.454 e. The van der Waals surface area contributed by atoms with Crippen LogP contribution in [0.5, 0.6) is 23.0 Å². The first kappa shape index (κ1) is 14.2. The minimum atomic E-state index is -0.673. The lowest BCUT2D eigenvalue weighted by Crippen LogP contribution is -2.29. The molecule has 0 atom stereocenters. The summed E-state index contributed by atoms with van der Waals surface area (Å²) in [6.45, 7) is 3.94. The Bertz CT molecular complexity index is 979. The van der Waals surface area contributed by atoms with Gasteiger partial charge in [-0.1, -0.05) is 5.16 Å². The summed E-state index contributed by atoms with van der Waals surface area (Å²) in [7, 11) is 0. The van der Waals surface area contributed by atoms with Gasteiger partial charge in [-0.25, -0.2) is 0 Å². The van der Waals surface area contributed by atoms with Crippen molar-refractivity contribution in [1.29, 1.82) is 0 Å². The summed E-state index contributed by atoms with van der Waals surface area (Å²) in [6, 6.07) is 11.1. The van der Waals surface area contributed by atoms with Crippen molar-refractivity contribution in [3.8, 4) is 45.8 Å². The Labute approximate surface area is 143 Å². The number of hydrogen-bond acceptors (Lipinski definition) is 7. The summed E-state index contributed by atoms with van der Waals surface area (Å²) < 4.78 is 27.5. The van der Waals surface area contributed by atoms with Crippen LogP contribution in [-0.4, -0.2) is 22.7 Å². The highest BCUT2D eigenvalue weighted by Crippen LogP contribution is 2.41. The molecule has 0 saturated carbocycles. The van der Waals surface area contributed by atoms with E-state index in [0.29, 0.717) is 34.7 Å². The maximum absolute atomic E-state index is 5.76. The maximum Gasteiger partial charge on any atom is 0.258 e. The SMILES string of the molecule is CC1(C)Oc2ccc(-c3nc(-c4ccc5c(c4)OCO5)no3)cc2O1. The maximum atomic E-state index is 5.76. The molecule has 0 aliphatic carbocycles. The van der Waals surface area contributed by atoms with Crippen molar-refractivity contribution in [3.05, 3.63) is 36.4 Å². The highest BCUT2D eigenvalue weighted by molar-refractivity contribution is 5.65. The Morgan fingerprint density at radius 1 is 0.840 bits per heavy atom. The van der Waals surface area contributed by atoms with Crippen LogP contribution in [0.1, 0.15) is 13.8 Å². The van der Waals surface area contributed by atoms with Gasteiger partial charge in [-0.15, -0.1) is 0 Å². The summed E-state index contributed by atoms with van der Waals surface area (Å²) in [5.41, 5.74) is 1.56. The standard InChI is InChI=1S/C18H14N2O5/c1-18(2)23-13-6-4-11(8-15(13)24-18)17-19-16(20-25-17)10-3-5-12-14(7-10)22-9-21-12/h3-8H,9H2,1-2H3. The fraction of sp³-hybridized carbons (Fsp3) is 0.222. The van der Waals surface area contributed by atoms with Crippen LogP contribution in [0.25, 0.3) is 22.8 Å². The van der Waals surface area contributed by atoms with Gasteiger partial charge in [0.15, 0.2) is 23.0 Å². The Balaban J connectivity index is 1.48. The normalized spacial score (nSPS) is 16.2. The molecule has 2 aromatic carbocycles. The molecule has 0 spiro atoms. The molecular weight excluding hydrogens is 324 g/mol. The molecule has 0 unspecified atom stereocenters. The van der Waals surface area contributed by atoms with Crippen molar-refractivity contribution in [3.63, 3.8) is 0 Å². The van der Waals surface area contributed by atoms with Crippen LogP contribution in [-0.2, 0) is 0 Å². The summed E-state index contributed by atoms with van der Waals surface area (Å²) in [6.07, 6.45) is 0. The van der Waals surface area contributed by atoms with Crippen molar-refractivity contribution < 1.29 is 23.5 Å². The van der Waals surface area contributed by atoms with Gasteiger partial charge in [0, 0.05) is 25.0 Å². The van der Waals surface area contributed by atoms with Crippen molar-refractivity contribution in [2.75, 3.05) is 6.79 Å². The number of aromatic nitrogens is 2. The smallest absolute Gasteiger partial charge is 0.258 e. The molecule has 0 radical (unpaired) electrons. The van der Waals surface area contributed by atoms with E-state index in [4.69, 9.17) is 23.5 Å². The van der Waals surface area contributed by atoms with Crippen LogP contribution in [0.3, 0.4) is 0 Å². The minimum absolute atomic E-state index is 0.226. The number of nitrogens with zero attached hydrogens (tertiary/aromatic N) is 2. The van der Waals surface area contributed by atoms with Gasteiger partial charge in [-0.3, -0.25) is 0 Å². The molecule has 5 rings (SSSR count). The molecule has 7 nitrogen and oxygen atoms in total. The van der Waals surface area contributed by atoms with Gasteiger partial charge < -0.3 is 23.5 Å². The predicted molar refractivity (Wildman–Crippen MR) is 86.6 cm³/mol. The Morgan fingerprint density at radius 2 is 1.56 bits per heavy atom.